The lowest BCUT2D eigenvalue weighted by Crippen LogP contribution is -2.38. The van der Waals surface area contributed by atoms with Gasteiger partial charge in [0.25, 0.3) is 0 Å². The van der Waals surface area contributed by atoms with Crippen molar-refractivity contribution in [2.24, 2.45) is 5.41 Å². The van der Waals surface area contributed by atoms with Gasteiger partial charge in [-0.05, 0) is 30.4 Å². The minimum atomic E-state index is -0.985. The van der Waals surface area contributed by atoms with E-state index in [0.29, 0.717) is 6.07 Å². The molecule has 0 spiro atoms. The van der Waals surface area contributed by atoms with Crippen LogP contribution in [0.4, 0.5) is 19.0 Å². The Morgan fingerprint density at radius 2 is 2.00 bits per heavy atom. The van der Waals surface area contributed by atoms with Gasteiger partial charge in [0.15, 0.2) is 23.6 Å². The predicted molar refractivity (Wildman–Crippen MR) is 112 cm³/mol. The SMILES string of the molecule is CC1(C(CC(=O)O)Nc2ncc(-c3cn(C#N)c4c(F)cc(F)cc34)cc2F)CCCC1. The Morgan fingerprint density at radius 1 is 1.28 bits per heavy atom. The molecule has 0 saturated heterocycles. The molecule has 1 fully saturated rings. The Labute approximate surface area is 182 Å². The summed E-state index contributed by atoms with van der Waals surface area (Å²) in [5, 5.41) is 21.7. The maximum Gasteiger partial charge on any atom is 0.305 e. The number of carbonyl (C=O) groups is 1. The molecular formula is C23H21F3N4O2. The van der Waals surface area contributed by atoms with Gasteiger partial charge < -0.3 is 10.4 Å². The van der Waals surface area contributed by atoms with Crippen LogP contribution in [0.2, 0.25) is 0 Å². The van der Waals surface area contributed by atoms with Gasteiger partial charge in [-0.15, -0.1) is 0 Å². The van der Waals surface area contributed by atoms with Crippen LogP contribution in [0.1, 0.15) is 39.0 Å². The summed E-state index contributed by atoms with van der Waals surface area (Å²) in [5.41, 5.74) is 0.0873. The molecule has 0 amide bonds. The van der Waals surface area contributed by atoms with E-state index in [1.165, 1.54) is 12.4 Å². The number of hydrogen-bond acceptors (Lipinski definition) is 4. The number of benzene rings is 1. The zero-order valence-corrected chi connectivity index (χ0v) is 17.3. The highest BCUT2D eigenvalue weighted by Gasteiger charge is 2.38. The molecule has 32 heavy (non-hydrogen) atoms. The van der Waals surface area contributed by atoms with E-state index in [-0.39, 0.29) is 39.7 Å². The Morgan fingerprint density at radius 3 is 2.62 bits per heavy atom. The molecule has 1 aromatic carbocycles. The standard InChI is InChI=1S/C23H21F3N4O2/c1-23(4-2-3-5-23)19(9-20(31)32)29-22-18(26)6-13(10-28-22)16-11-30(12-27)21-15(16)7-14(24)8-17(21)25/h6-8,10-11,19H,2-5,9H2,1H3,(H,28,29)(H,31,32). The van der Waals surface area contributed by atoms with Crippen molar-refractivity contribution in [3.05, 3.63) is 48.0 Å². The van der Waals surface area contributed by atoms with Crippen LogP contribution < -0.4 is 5.32 Å². The Bertz CT molecular complexity index is 1240. The number of anilines is 1. The average molecular weight is 442 g/mol. The Kier molecular flexibility index (Phi) is 5.55. The Hall–Kier alpha value is -3.54. The summed E-state index contributed by atoms with van der Waals surface area (Å²) in [6, 6.07) is 2.41. The maximum absolute atomic E-state index is 15.0. The predicted octanol–water partition coefficient (Wildman–Crippen LogP) is 5.29. The summed E-state index contributed by atoms with van der Waals surface area (Å²) >= 11 is 0. The first-order chi connectivity index (χ1) is 15.2. The molecule has 9 heteroatoms. The molecule has 4 rings (SSSR count). The number of rotatable bonds is 6. The number of carboxylic acids is 1. The third-order valence-electron chi connectivity index (χ3n) is 6.35. The highest BCUT2D eigenvalue weighted by Crippen LogP contribution is 2.43. The summed E-state index contributed by atoms with van der Waals surface area (Å²) in [6.45, 7) is 1.99. The van der Waals surface area contributed by atoms with Crippen molar-refractivity contribution < 1.29 is 23.1 Å². The van der Waals surface area contributed by atoms with Crippen molar-refractivity contribution >= 4 is 22.7 Å². The van der Waals surface area contributed by atoms with Crippen LogP contribution in [0.5, 0.6) is 0 Å². The largest absolute Gasteiger partial charge is 0.481 e. The third kappa shape index (κ3) is 3.88. The van der Waals surface area contributed by atoms with Crippen LogP contribution in [0.3, 0.4) is 0 Å². The molecule has 0 aliphatic heterocycles. The van der Waals surface area contributed by atoms with E-state index >= 15 is 4.39 Å². The highest BCUT2D eigenvalue weighted by molar-refractivity contribution is 5.97. The molecule has 166 valence electrons. The van der Waals surface area contributed by atoms with E-state index in [9.17, 15) is 23.9 Å². The molecule has 1 saturated carbocycles. The fourth-order valence-corrected chi connectivity index (χ4v) is 4.62. The van der Waals surface area contributed by atoms with Gasteiger partial charge in [0.2, 0.25) is 0 Å². The number of nitrogens with one attached hydrogen (secondary N) is 1. The fourth-order valence-electron chi connectivity index (χ4n) is 4.62. The molecule has 2 N–H and O–H groups in total. The molecule has 1 atom stereocenters. The molecular weight excluding hydrogens is 421 g/mol. The van der Waals surface area contributed by atoms with Crippen LogP contribution in [0.25, 0.3) is 22.0 Å². The van der Waals surface area contributed by atoms with Crippen LogP contribution in [-0.4, -0.2) is 26.7 Å². The number of halogens is 3. The minimum Gasteiger partial charge on any atom is -0.481 e. The molecule has 6 nitrogen and oxygen atoms in total. The van der Waals surface area contributed by atoms with Crippen molar-refractivity contribution in [2.45, 2.75) is 45.1 Å². The number of aliphatic carboxylic acids is 1. The maximum atomic E-state index is 15.0. The van der Waals surface area contributed by atoms with E-state index in [2.05, 4.69) is 10.3 Å². The van der Waals surface area contributed by atoms with Gasteiger partial charge in [0, 0.05) is 41.0 Å². The quantitative estimate of drug-likeness (QED) is 0.542. The monoisotopic (exact) mass is 442 g/mol. The minimum absolute atomic E-state index is 0.0884. The van der Waals surface area contributed by atoms with Crippen LogP contribution >= 0.6 is 0 Å². The van der Waals surface area contributed by atoms with E-state index < -0.39 is 29.5 Å². The first-order valence-corrected chi connectivity index (χ1v) is 10.3. The Balaban J connectivity index is 1.71. The summed E-state index contributed by atoms with van der Waals surface area (Å²) in [4.78, 5) is 15.5. The number of hydrogen-bond donors (Lipinski definition) is 2. The first-order valence-electron chi connectivity index (χ1n) is 10.3. The fraction of sp³-hybridized carbons (Fsp3) is 0.348. The van der Waals surface area contributed by atoms with Crippen LogP contribution in [-0.2, 0) is 4.79 Å². The van der Waals surface area contributed by atoms with Gasteiger partial charge in [-0.25, -0.2) is 18.2 Å². The topological polar surface area (TPSA) is 90.9 Å². The summed E-state index contributed by atoms with van der Waals surface area (Å²) < 4.78 is 44.0. The van der Waals surface area contributed by atoms with Crippen molar-refractivity contribution in [3.63, 3.8) is 0 Å². The van der Waals surface area contributed by atoms with Crippen molar-refractivity contribution in [1.29, 1.82) is 5.26 Å². The smallest absolute Gasteiger partial charge is 0.305 e. The summed E-state index contributed by atoms with van der Waals surface area (Å²) in [7, 11) is 0. The van der Waals surface area contributed by atoms with Crippen molar-refractivity contribution in [1.82, 2.24) is 9.55 Å². The molecule has 0 bridgehead atoms. The second-order valence-corrected chi connectivity index (χ2v) is 8.51. The van der Waals surface area contributed by atoms with Gasteiger partial charge in [0.05, 0.1) is 11.9 Å². The molecule has 1 aliphatic carbocycles. The zero-order chi connectivity index (χ0) is 23.0. The molecule has 1 aliphatic rings. The summed E-state index contributed by atoms with van der Waals surface area (Å²) in [6.07, 6.45) is 7.90. The number of nitrogens with zero attached hydrogens (tertiary/aromatic N) is 3. The van der Waals surface area contributed by atoms with Crippen molar-refractivity contribution in [3.8, 4) is 17.3 Å². The number of aromatic nitrogens is 2. The number of pyridine rings is 1. The van der Waals surface area contributed by atoms with Crippen LogP contribution in [0, 0.1) is 34.3 Å². The van der Waals surface area contributed by atoms with E-state index in [1.807, 2.05) is 6.92 Å². The number of nitriles is 1. The van der Waals surface area contributed by atoms with E-state index in [4.69, 9.17) is 0 Å². The van der Waals surface area contributed by atoms with Gasteiger partial charge in [-0.3, -0.25) is 9.36 Å². The van der Waals surface area contributed by atoms with Gasteiger partial charge in [0.1, 0.15) is 5.82 Å². The molecule has 2 aromatic heterocycles. The lowest BCUT2D eigenvalue weighted by atomic mass is 9.79. The van der Waals surface area contributed by atoms with E-state index in [0.717, 1.165) is 42.4 Å². The van der Waals surface area contributed by atoms with E-state index in [1.54, 1.807) is 6.19 Å². The van der Waals surface area contributed by atoms with Crippen molar-refractivity contribution in [2.75, 3.05) is 5.32 Å². The third-order valence-corrected chi connectivity index (χ3v) is 6.35. The lowest BCUT2D eigenvalue weighted by molar-refractivity contribution is -0.137. The van der Waals surface area contributed by atoms with Gasteiger partial charge >= 0.3 is 5.97 Å². The van der Waals surface area contributed by atoms with Gasteiger partial charge in [-0.1, -0.05) is 19.8 Å². The second-order valence-electron chi connectivity index (χ2n) is 8.51. The molecule has 1 unspecified atom stereocenters. The molecule has 2 heterocycles. The number of fused-ring (bicyclic) bond motifs is 1. The molecule has 3 aromatic rings. The lowest BCUT2D eigenvalue weighted by Gasteiger charge is -2.34. The van der Waals surface area contributed by atoms with Crippen LogP contribution in [0.15, 0.2) is 30.6 Å². The summed E-state index contributed by atoms with van der Waals surface area (Å²) in [5.74, 6) is -3.52. The number of carboxylic acid groups (broad SMARTS) is 1. The first kappa shape index (κ1) is 21.7. The second kappa shape index (κ2) is 8.19. The van der Waals surface area contributed by atoms with Gasteiger partial charge in [-0.2, -0.15) is 5.26 Å². The highest BCUT2D eigenvalue weighted by atomic mass is 19.1. The normalized spacial score (nSPS) is 16.1. The zero-order valence-electron chi connectivity index (χ0n) is 17.3. The average Bonchev–Trinajstić information content (AvgIpc) is 3.33. The molecule has 0 radical (unpaired) electrons.